The van der Waals surface area contributed by atoms with Gasteiger partial charge in [-0.1, -0.05) is 0 Å². The quantitative estimate of drug-likeness (QED) is 0.658. The zero-order chi connectivity index (χ0) is 10.1. The highest BCUT2D eigenvalue weighted by Crippen LogP contribution is 2.17. The van der Waals surface area contributed by atoms with Crippen molar-refractivity contribution >= 4 is 5.91 Å². The van der Waals surface area contributed by atoms with Crippen LogP contribution < -0.4 is 5.73 Å². The van der Waals surface area contributed by atoms with Crippen LogP contribution in [0.2, 0.25) is 0 Å². The number of likely N-dealkylation sites (tertiary alicyclic amines) is 1. The number of rotatable bonds is 1. The van der Waals surface area contributed by atoms with Crippen molar-refractivity contribution < 1.29 is 9.18 Å². The number of nitrogens with two attached hydrogens (primary N) is 1. The fourth-order valence-corrected chi connectivity index (χ4v) is 1.48. The first-order valence-corrected chi connectivity index (χ1v) is 4.65. The van der Waals surface area contributed by atoms with Crippen LogP contribution in [0, 0.1) is 0 Å². The zero-order valence-electron chi connectivity index (χ0n) is 8.22. The van der Waals surface area contributed by atoms with Crippen LogP contribution in [0.5, 0.6) is 0 Å². The highest BCUT2D eigenvalue weighted by molar-refractivity contribution is 5.84. The van der Waals surface area contributed by atoms with Gasteiger partial charge in [0.25, 0.3) is 5.91 Å². The molecule has 0 atom stereocenters. The van der Waals surface area contributed by atoms with Gasteiger partial charge >= 0.3 is 0 Å². The molecule has 1 saturated heterocycles. The first-order valence-electron chi connectivity index (χ1n) is 4.65. The van der Waals surface area contributed by atoms with Gasteiger partial charge in [-0.15, -0.1) is 0 Å². The van der Waals surface area contributed by atoms with E-state index in [2.05, 4.69) is 0 Å². The van der Waals surface area contributed by atoms with Crippen molar-refractivity contribution in [3.8, 4) is 0 Å². The lowest BCUT2D eigenvalue weighted by Gasteiger charge is -2.32. The molecule has 1 fully saturated rings. The van der Waals surface area contributed by atoms with Crippen molar-refractivity contribution in [1.29, 1.82) is 0 Å². The van der Waals surface area contributed by atoms with E-state index in [9.17, 15) is 9.18 Å². The van der Waals surface area contributed by atoms with Crippen molar-refractivity contribution in [3.05, 3.63) is 0 Å². The molecule has 0 aromatic carbocycles. The molecule has 76 valence electrons. The standard InChI is InChI=1S/C9H17FN2O/c1-9(2,10)8(13)12-5-3-7(11)4-6-12/h7H,3-6,11H2,1-2H3. The number of hydrogen-bond acceptors (Lipinski definition) is 2. The third-order valence-corrected chi connectivity index (χ3v) is 2.34. The smallest absolute Gasteiger partial charge is 0.259 e. The van der Waals surface area contributed by atoms with Gasteiger partial charge < -0.3 is 10.6 Å². The van der Waals surface area contributed by atoms with E-state index in [1.807, 2.05) is 0 Å². The molecule has 0 unspecified atom stereocenters. The number of halogens is 1. The van der Waals surface area contributed by atoms with Gasteiger partial charge in [-0.25, -0.2) is 4.39 Å². The Morgan fingerprint density at radius 3 is 2.31 bits per heavy atom. The van der Waals surface area contributed by atoms with Crippen molar-refractivity contribution in [2.24, 2.45) is 5.73 Å². The summed E-state index contributed by atoms with van der Waals surface area (Å²) in [6.45, 7) is 3.77. The lowest BCUT2D eigenvalue weighted by Crippen LogP contribution is -2.48. The molecule has 2 N–H and O–H groups in total. The minimum Gasteiger partial charge on any atom is -0.340 e. The average Bonchev–Trinajstić information content (AvgIpc) is 2.03. The molecule has 1 amide bonds. The summed E-state index contributed by atoms with van der Waals surface area (Å²) < 4.78 is 13.2. The maximum atomic E-state index is 13.2. The van der Waals surface area contributed by atoms with Gasteiger partial charge in [-0.3, -0.25) is 4.79 Å². The molecule has 0 saturated carbocycles. The number of alkyl halides is 1. The molecule has 1 rings (SSSR count). The number of carbonyl (C=O) groups excluding carboxylic acids is 1. The third-order valence-electron chi connectivity index (χ3n) is 2.34. The van der Waals surface area contributed by atoms with Gasteiger partial charge in [0.1, 0.15) is 0 Å². The van der Waals surface area contributed by atoms with Crippen molar-refractivity contribution in [1.82, 2.24) is 4.90 Å². The Morgan fingerprint density at radius 2 is 1.92 bits per heavy atom. The number of carbonyl (C=O) groups is 1. The van der Waals surface area contributed by atoms with Gasteiger partial charge in [0.05, 0.1) is 0 Å². The van der Waals surface area contributed by atoms with E-state index in [0.29, 0.717) is 13.1 Å². The summed E-state index contributed by atoms with van der Waals surface area (Å²) in [7, 11) is 0. The van der Waals surface area contributed by atoms with E-state index in [1.54, 1.807) is 4.90 Å². The van der Waals surface area contributed by atoms with Crippen LogP contribution in [0.1, 0.15) is 26.7 Å². The summed E-state index contributed by atoms with van der Waals surface area (Å²) in [5.74, 6) is -0.417. The van der Waals surface area contributed by atoms with E-state index < -0.39 is 11.6 Å². The molecular weight excluding hydrogens is 171 g/mol. The predicted molar refractivity (Wildman–Crippen MR) is 49.0 cm³/mol. The fraction of sp³-hybridized carbons (Fsp3) is 0.889. The highest BCUT2D eigenvalue weighted by atomic mass is 19.1. The summed E-state index contributed by atoms with van der Waals surface area (Å²) in [5.41, 5.74) is 3.93. The van der Waals surface area contributed by atoms with Crippen LogP contribution in [0.4, 0.5) is 4.39 Å². The lowest BCUT2D eigenvalue weighted by molar-refractivity contribution is -0.142. The predicted octanol–water partition coefficient (Wildman–Crippen LogP) is 0.684. The molecule has 0 radical (unpaired) electrons. The molecule has 0 aromatic rings. The van der Waals surface area contributed by atoms with Crippen molar-refractivity contribution in [2.45, 2.75) is 38.4 Å². The Morgan fingerprint density at radius 1 is 1.46 bits per heavy atom. The summed E-state index contributed by atoms with van der Waals surface area (Å²) in [6, 6.07) is 0.173. The fourth-order valence-electron chi connectivity index (χ4n) is 1.48. The molecule has 3 nitrogen and oxygen atoms in total. The third kappa shape index (κ3) is 2.66. The number of hydrogen-bond donors (Lipinski definition) is 1. The molecule has 0 spiro atoms. The van der Waals surface area contributed by atoms with Crippen LogP contribution in [0.25, 0.3) is 0 Å². The Kier molecular flexibility index (Phi) is 2.91. The number of nitrogens with zero attached hydrogens (tertiary/aromatic N) is 1. The van der Waals surface area contributed by atoms with Crippen LogP contribution in [-0.4, -0.2) is 35.6 Å². The van der Waals surface area contributed by atoms with Gasteiger partial charge in [-0.05, 0) is 26.7 Å². The van der Waals surface area contributed by atoms with Gasteiger partial charge in [0.15, 0.2) is 5.67 Å². The van der Waals surface area contributed by atoms with E-state index in [-0.39, 0.29) is 6.04 Å². The Labute approximate surface area is 78.1 Å². The Balaban J connectivity index is 2.50. The molecule has 13 heavy (non-hydrogen) atoms. The monoisotopic (exact) mass is 188 g/mol. The number of amides is 1. The largest absolute Gasteiger partial charge is 0.340 e. The second kappa shape index (κ2) is 3.62. The van der Waals surface area contributed by atoms with E-state index in [1.165, 1.54) is 13.8 Å². The molecule has 1 heterocycles. The minimum atomic E-state index is -1.75. The van der Waals surface area contributed by atoms with E-state index >= 15 is 0 Å². The lowest BCUT2D eigenvalue weighted by atomic mass is 10.0. The number of piperidine rings is 1. The topological polar surface area (TPSA) is 46.3 Å². The van der Waals surface area contributed by atoms with Crippen LogP contribution in [-0.2, 0) is 4.79 Å². The van der Waals surface area contributed by atoms with Gasteiger partial charge in [-0.2, -0.15) is 0 Å². The first kappa shape index (κ1) is 10.4. The summed E-state index contributed by atoms with van der Waals surface area (Å²) in [4.78, 5) is 13.0. The van der Waals surface area contributed by atoms with Crippen LogP contribution >= 0.6 is 0 Å². The summed E-state index contributed by atoms with van der Waals surface area (Å²) in [5, 5.41) is 0. The second-order valence-electron chi connectivity index (χ2n) is 4.10. The summed E-state index contributed by atoms with van der Waals surface area (Å²) >= 11 is 0. The molecule has 1 aliphatic rings. The minimum absolute atomic E-state index is 0.173. The first-order chi connectivity index (χ1) is 5.91. The molecule has 0 aromatic heterocycles. The maximum absolute atomic E-state index is 13.2. The average molecular weight is 188 g/mol. The molecule has 1 aliphatic heterocycles. The van der Waals surface area contributed by atoms with Crippen LogP contribution in [0.15, 0.2) is 0 Å². The van der Waals surface area contributed by atoms with E-state index in [4.69, 9.17) is 5.73 Å². The highest BCUT2D eigenvalue weighted by Gasteiger charge is 2.33. The Bertz CT molecular complexity index is 192. The molecule has 4 heteroatoms. The maximum Gasteiger partial charge on any atom is 0.259 e. The van der Waals surface area contributed by atoms with Gasteiger partial charge in [0, 0.05) is 19.1 Å². The molecule has 0 bridgehead atoms. The zero-order valence-corrected chi connectivity index (χ0v) is 8.22. The van der Waals surface area contributed by atoms with Crippen LogP contribution in [0.3, 0.4) is 0 Å². The van der Waals surface area contributed by atoms with Crippen molar-refractivity contribution in [2.75, 3.05) is 13.1 Å². The molecular formula is C9H17FN2O. The van der Waals surface area contributed by atoms with Crippen molar-refractivity contribution in [3.63, 3.8) is 0 Å². The summed E-state index contributed by atoms with van der Waals surface area (Å²) in [6.07, 6.45) is 1.56. The van der Waals surface area contributed by atoms with Gasteiger partial charge in [0.2, 0.25) is 0 Å². The molecule has 0 aliphatic carbocycles. The second-order valence-corrected chi connectivity index (χ2v) is 4.10. The Hall–Kier alpha value is -0.640. The normalized spacial score (nSPS) is 20.5. The SMILES string of the molecule is CC(C)(F)C(=O)N1CCC(N)CC1. The van der Waals surface area contributed by atoms with E-state index in [0.717, 1.165) is 12.8 Å².